The first kappa shape index (κ1) is 17.0. The van der Waals surface area contributed by atoms with Crippen molar-refractivity contribution in [2.24, 2.45) is 0 Å². The van der Waals surface area contributed by atoms with Crippen LogP contribution in [0.4, 0.5) is 0 Å². The molecule has 4 aromatic carbocycles. The van der Waals surface area contributed by atoms with E-state index in [1.165, 1.54) is 33.4 Å². The van der Waals surface area contributed by atoms with E-state index in [2.05, 4.69) is 97.1 Å². The van der Waals surface area contributed by atoms with Crippen molar-refractivity contribution in [3.63, 3.8) is 0 Å². The molecular formula is C27H22O. The minimum Gasteiger partial charge on any atom is -0.395 e. The Labute approximate surface area is 165 Å². The number of benzene rings is 4. The van der Waals surface area contributed by atoms with Crippen molar-refractivity contribution in [3.05, 3.63) is 131 Å². The van der Waals surface area contributed by atoms with Crippen LogP contribution in [0.3, 0.4) is 0 Å². The van der Waals surface area contributed by atoms with Crippen molar-refractivity contribution in [3.8, 4) is 11.1 Å². The summed E-state index contributed by atoms with van der Waals surface area (Å²) >= 11 is 0. The van der Waals surface area contributed by atoms with Crippen LogP contribution in [0.1, 0.15) is 28.2 Å². The quantitative estimate of drug-likeness (QED) is 0.488. The summed E-state index contributed by atoms with van der Waals surface area (Å²) in [6, 6.07) is 38.2. The normalized spacial score (nSPS) is 13.9. The van der Waals surface area contributed by atoms with Gasteiger partial charge in [-0.3, -0.25) is 0 Å². The third kappa shape index (κ3) is 2.37. The van der Waals surface area contributed by atoms with Crippen molar-refractivity contribution >= 4 is 0 Å². The molecule has 0 amide bonds. The van der Waals surface area contributed by atoms with Gasteiger partial charge in [-0.05, 0) is 33.4 Å². The van der Waals surface area contributed by atoms with Crippen LogP contribution < -0.4 is 0 Å². The molecule has 0 saturated carbocycles. The molecule has 1 heteroatoms. The topological polar surface area (TPSA) is 20.2 Å². The summed E-state index contributed by atoms with van der Waals surface area (Å²) in [5.74, 6) is 0.0182. The lowest BCUT2D eigenvalue weighted by atomic mass is 9.64. The van der Waals surface area contributed by atoms with Crippen LogP contribution in [-0.4, -0.2) is 11.7 Å². The van der Waals surface area contributed by atoms with Gasteiger partial charge in [-0.15, -0.1) is 0 Å². The molecule has 0 heterocycles. The molecule has 0 unspecified atom stereocenters. The van der Waals surface area contributed by atoms with Crippen molar-refractivity contribution in [1.82, 2.24) is 0 Å². The third-order valence-corrected chi connectivity index (χ3v) is 6.11. The number of aliphatic hydroxyl groups excluding tert-OH is 1. The van der Waals surface area contributed by atoms with E-state index in [0.717, 1.165) is 0 Å². The molecule has 0 spiro atoms. The molecule has 1 nitrogen and oxygen atoms in total. The number of hydrogen-bond donors (Lipinski definition) is 1. The van der Waals surface area contributed by atoms with Gasteiger partial charge in [0.05, 0.1) is 12.0 Å². The predicted octanol–water partition coefficient (Wildman–Crippen LogP) is 5.78. The monoisotopic (exact) mass is 362 g/mol. The van der Waals surface area contributed by atoms with Crippen molar-refractivity contribution in [2.75, 3.05) is 6.61 Å². The molecule has 0 aliphatic heterocycles. The molecule has 0 atom stereocenters. The summed E-state index contributed by atoms with van der Waals surface area (Å²) in [5, 5.41) is 11.0. The Morgan fingerprint density at radius 2 is 0.929 bits per heavy atom. The number of rotatable bonds is 4. The average molecular weight is 362 g/mol. The van der Waals surface area contributed by atoms with Crippen LogP contribution in [0, 0.1) is 0 Å². The molecule has 5 rings (SSSR count). The Morgan fingerprint density at radius 3 is 1.36 bits per heavy atom. The van der Waals surface area contributed by atoms with Gasteiger partial charge in [0.2, 0.25) is 0 Å². The smallest absolute Gasteiger partial charge is 0.0578 e. The Bertz CT molecular complexity index is 1010. The second kappa shape index (κ2) is 6.78. The van der Waals surface area contributed by atoms with Gasteiger partial charge >= 0.3 is 0 Å². The molecule has 1 N–H and O–H groups in total. The number of fused-ring (bicyclic) bond motifs is 3. The van der Waals surface area contributed by atoms with Crippen LogP contribution in [0.25, 0.3) is 11.1 Å². The lowest BCUT2D eigenvalue weighted by Gasteiger charge is -2.39. The van der Waals surface area contributed by atoms with E-state index >= 15 is 0 Å². The highest BCUT2D eigenvalue weighted by atomic mass is 16.3. The minimum absolute atomic E-state index is 0.0182. The summed E-state index contributed by atoms with van der Waals surface area (Å²) < 4.78 is 0. The summed E-state index contributed by atoms with van der Waals surface area (Å²) in [7, 11) is 0. The number of aliphatic hydroxyl groups is 1. The highest BCUT2D eigenvalue weighted by Crippen LogP contribution is 2.56. The first-order valence-electron chi connectivity index (χ1n) is 9.76. The summed E-state index contributed by atoms with van der Waals surface area (Å²) in [6.45, 7) is 0.0511. The van der Waals surface area contributed by atoms with Gasteiger partial charge in [0.25, 0.3) is 0 Å². The van der Waals surface area contributed by atoms with E-state index in [0.29, 0.717) is 0 Å². The molecular weight excluding hydrogens is 340 g/mol. The standard InChI is InChI=1S/C27H22O/c28-19-27(24-17-9-7-15-22(24)23-16-8-10-18-25(23)27)26(20-11-3-1-4-12-20)21-13-5-2-6-14-21/h1-18,26,28H,19H2. The van der Waals surface area contributed by atoms with Gasteiger partial charge in [0, 0.05) is 5.92 Å². The maximum atomic E-state index is 11.0. The predicted molar refractivity (Wildman–Crippen MR) is 114 cm³/mol. The fourth-order valence-electron chi connectivity index (χ4n) is 4.98. The largest absolute Gasteiger partial charge is 0.395 e. The highest BCUT2D eigenvalue weighted by Gasteiger charge is 2.49. The second-order valence-electron chi connectivity index (χ2n) is 7.48. The number of hydrogen-bond acceptors (Lipinski definition) is 1. The van der Waals surface area contributed by atoms with E-state index in [-0.39, 0.29) is 12.5 Å². The van der Waals surface area contributed by atoms with E-state index in [4.69, 9.17) is 0 Å². The van der Waals surface area contributed by atoms with Gasteiger partial charge in [-0.25, -0.2) is 0 Å². The minimum atomic E-state index is -0.518. The Morgan fingerprint density at radius 1 is 0.536 bits per heavy atom. The van der Waals surface area contributed by atoms with E-state index in [1.807, 2.05) is 12.1 Å². The van der Waals surface area contributed by atoms with Crippen LogP contribution in [-0.2, 0) is 5.41 Å². The second-order valence-corrected chi connectivity index (χ2v) is 7.48. The maximum absolute atomic E-state index is 11.0. The van der Waals surface area contributed by atoms with E-state index in [1.54, 1.807) is 0 Å². The summed E-state index contributed by atoms with van der Waals surface area (Å²) in [6.07, 6.45) is 0. The molecule has 0 aromatic heterocycles. The van der Waals surface area contributed by atoms with Crippen LogP contribution in [0.5, 0.6) is 0 Å². The van der Waals surface area contributed by atoms with Crippen LogP contribution in [0.15, 0.2) is 109 Å². The zero-order valence-corrected chi connectivity index (χ0v) is 15.6. The van der Waals surface area contributed by atoms with Gasteiger partial charge in [-0.2, -0.15) is 0 Å². The summed E-state index contributed by atoms with van der Waals surface area (Å²) in [5.41, 5.74) is 6.78. The fraction of sp³-hybridized carbons (Fsp3) is 0.111. The third-order valence-electron chi connectivity index (χ3n) is 6.11. The van der Waals surface area contributed by atoms with E-state index < -0.39 is 5.41 Å². The molecule has 4 aromatic rings. The fourth-order valence-corrected chi connectivity index (χ4v) is 4.98. The molecule has 0 radical (unpaired) electrons. The van der Waals surface area contributed by atoms with Crippen molar-refractivity contribution < 1.29 is 5.11 Å². The lowest BCUT2D eigenvalue weighted by Crippen LogP contribution is -2.37. The van der Waals surface area contributed by atoms with Crippen molar-refractivity contribution in [2.45, 2.75) is 11.3 Å². The molecule has 0 saturated heterocycles. The van der Waals surface area contributed by atoms with E-state index in [9.17, 15) is 5.11 Å². The first-order chi connectivity index (χ1) is 13.9. The Hall–Kier alpha value is -3.16. The first-order valence-corrected chi connectivity index (χ1v) is 9.76. The summed E-state index contributed by atoms with van der Waals surface area (Å²) in [4.78, 5) is 0. The van der Waals surface area contributed by atoms with Gasteiger partial charge in [-0.1, -0.05) is 109 Å². The van der Waals surface area contributed by atoms with Crippen LogP contribution in [0.2, 0.25) is 0 Å². The molecule has 0 bridgehead atoms. The molecule has 1 aliphatic rings. The average Bonchev–Trinajstić information content (AvgIpc) is 3.07. The van der Waals surface area contributed by atoms with Gasteiger partial charge in [0.1, 0.15) is 0 Å². The van der Waals surface area contributed by atoms with Gasteiger partial charge in [0.15, 0.2) is 0 Å². The zero-order chi connectivity index (χ0) is 19.0. The Kier molecular flexibility index (Phi) is 4.11. The molecule has 1 aliphatic carbocycles. The maximum Gasteiger partial charge on any atom is 0.0578 e. The Balaban J connectivity index is 1.87. The molecule has 136 valence electrons. The lowest BCUT2D eigenvalue weighted by molar-refractivity contribution is 0.209. The highest BCUT2D eigenvalue weighted by molar-refractivity contribution is 5.82. The zero-order valence-electron chi connectivity index (χ0n) is 15.6. The van der Waals surface area contributed by atoms with Gasteiger partial charge < -0.3 is 5.11 Å². The molecule has 0 fully saturated rings. The SMILES string of the molecule is OCC1(C(c2ccccc2)c2ccccc2)c2ccccc2-c2ccccc21. The van der Waals surface area contributed by atoms with Crippen molar-refractivity contribution in [1.29, 1.82) is 0 Å². The van der Waals surface area contributed by atoms with Crippen LogP contribution >= 0.6 is 0 Å². The molecule has 28 heavy (non-hydrogen) atoms.